The van der Waals surface area contributed by atoms with Crippen LogP contribution in [-0.2, 0) is 6.42 Å². The molecule has 2 rings (SSSR count). The van der Waals surface area contributed by atoms with Crippen molar-refractivity contribution in [2.24, 2.45) is 5.92 Å². The van der Waals surface area contributed by atoms with Crippen molar-refractivity contribution in [1.82, 2.24) is 4.98 Å². The Bertz CT molecular complexity index is 569. The number of rotatable bonds is 4. The van der Waals surface area contributed by atoms with E-state index in [1.54, 1.807) is 0 Å². The summed E-state index contributed by atoms with van der Waals surface area (Å²) in [6.45, 7) is 5.94. The summed E-state index contributed by atoms with van der Waals surface area (Å²) in [5, 5.41) is 9.82. The second kappa shape index (κ2) is 4.94. The van der Waals surface area contributed by atoms with Gasteiger partial charge in [-0.3, -0.25) is 0 Å². The van der Waals surface area contributed by atoms with Gasteiger partial charge < -0.3 is 9.52 Å². The highest BCUT2D eigenvalue weighted by atomic mass is 32.1. The quantitative estimate of drug-likeness (QED) is 0.917. The third kappa shape index (κ3) is 2.61. The summed E-state index contributed by atoms with van der Waals surface area (Å²) in [5.74, 6) is 0.881. The first-order chi connectivity index (χ1) is 8.47. The maximum absolute atomic E-state index is 11.2. The average Bonchev–Trinajstić information content (AvgIpc) is 2.83. The Morgan fingerprint density at radius 1 is 1.50 bits per heavy atom. The first-order valence-electron chi connectivity index (χ1n) is 5.77. The zero-order valence-electron chi connectivity index (χ0n) is 10.6. The molecule has 0 fully saturated rings. The minimum atomic E-state index is -0.919. The molecule has 4 nitrogen and oxygen atoms in total. The molecule has 0 amide bonds. The molecule has 0 unspecified atom stereocenters. The Labute approximate surface area is 109 Å². The van der Waals surface area contributed by atoms with E-state index in [1.165, 1.54) is 11.3 Å². The zero-order valence-corrected chi connectivity index (χ0v) is 11.4. The lowest BCUT2D eigenvalue weighted by Gasteiger charge is -2.01. The van der Waals surface area contributed by atoms with Crippen molar-refractivity contribution in [2.75, 3.05) is 0 Å². The molecule has 0 aliphatic rings. The molecule has 96 valence electrons. The van der Waals surface area contributed by atoms with Crippen molar-refractivity contribution >= 4 is 17.3 Å². The molecule has 0 aliphatic heterocycles. The maximum atomic E-state index is 11.2. The summed E-state index contributed by atoms with van der Waals surface area (Å²) in [4.78, 5) is 15.9. The minimum absolute atomic E-state index is 0.313. The van der Waals surface area contributed by atoms with Crippen LogP contribution in [0.25, 0.3) is 10.8 Å². The first kappa shape index (κ1) is 12.8. The van der Waals surface area contributed by atoms with E-state index >= 15 is 0 Å². The topological polar surface area (TPSA) is 63.3 Å². The summed E-state index contributed by atoms with van der Waals surface area (Å²) in [5.41, 5.74) is 0.645. The Balaban J connectivity index is 2.42. The van der Waals surface area contributed by atoms with Crippen molar-refractivity contribution in [3.63, 3.8) is 0 Å². The van der Waals surface area contributed by atoms with Crippen molar-refractivity contribution < 1.29 is 14.3 Å². The van der Waals surface area contributed by atoms with Gasteiger partial charge in [0.15, 0.2) is 10.8 Å². The van der Waals surface area contributed by atoms with Crippen molar-refractivity contribution in [3.8, 4) is 10.8 Å². The molecule has 0 spiro atoms. The molecule has 18 heavy (non-hydrogen) atoms. The van der Waals surface area contributed by atoms with Gasteiger partial charge in [-0.25, -0.2) is 9.78 Å². The van der Waals surface area contributed by atoms with Crippen molar-refractivity contribution in [2.45, 2.75) is 27.2 Å². The number of furan rings is 1. The number of nitrogens with zero attached hydrogens (tertiary/aromatic N) is 1. The molecule has 0 aliphatic carbocycles. The van der Waals surface area contributed by atoms with Gasteiger partial charge in [0, 0.05) is 0 Å². The third-order valence-electron chi connectivity index (χ3n) is 2.44. The Kier molecular flexibility index (Phi) is 3.52. The van der Waals surface area contributed by atoms with Crippen LogP contribution in [0.5, 0.6) is 0 Å². The molecule has 2 heterocycles. The SMILES string of the molecule is Cc1ccc(-c2nc(CC(C)C)c(C(=O)O)s2)o1. The van der Waals surface area contributed by atoms with Crippen LogP contribution in [0.2, 0.25) is 0 Å². The van der Waals surface area contributed by atoms with Gasteiger partial charge in [-0.15, -0.1) is 11.3 Å². The van der Waals surface area contributed by atoms with Gasteiger partial charge >= 0.3 is 5.97 Å². The van der Waals surface area contributed by atoms with Gasteiger partial charge in [-0.1, -0.05) is 13.8 Å². The van der Waals surface area contributed by atoms with Gasteiger partial charge in [0.25, 0.3) is 0 Å². The zero-order chi connectivity index (χ0) is 13.3. The molecule has 0 bridgehead atoms. The van der Waals surface area contributed by atoms with E-state index in [1.807, 2.05) is 32.9 Å². The van der Waals surface area contributed by atoms with E-state index in [0.717, 1.165) is 5.76 Å². The Morgan fingerprint density at radius 3 is 2.72 bits per heavy atom. The highest BCUT2D eigenvalue weighted by Gasteiger charge is 2.20. The predicted molar refractivity (Wildman–Crippen MR) is 70.1 cm³/mol. The van der Waals surface area contributed by atoms with Gasteiger partial charge in [0.05, 0.1) is 5.69 Å². The van der Waals surface area contributed by atoms with Gasteiger partial charge in [0.1, 0.15) is 10.6 Å². The number of aromatic nitrogens is 1. The lowest BCUT2D eigenvalue weighted by molar-refractivity contribution is 0.0700. The van der Waals surface area contributed by atoms with Gasteiger partial charge in [-0.05, 0) is 31.4 Å². The van der Waals surface area contributed by atoms with Crippen LogP contribution in [-0.4, -0.2) is 16.1 Å². The lowest BCUT2D eigenvalue weighted by Crippen LogP contribution is -2.02. The second-order valence-corrected chi connectivity index (χ2v) is 5.61. The number of hydrogen-bond donors (Lipinski definition) is 1. The molecule has 2 aromatic rings. The Hall–Kier alpha value is -1.62. The van der Waals surface area contributed by atoms with Gasteiger partial charge in [-0.2, -0.15) is 0 Å². The van der Waals surface area contributed by atoms with Crippen LogP contribution in [0.4, 0.5) is 0 Å². The molecular weight excluding hydrogens is 250 g/mol. The molecule has 0 saturated heterocycles. The monoisotopic (exact) mass is 265 g/mol. The molecule has 0 saturated carbocycles. The molecule has 5 heteroatoms. The van der Waals surface area contributed by atoms with Crippen LogP contribution in [0.3, 0.4) is 0 Å². The van der Waals surface area contributed by atoms with E-state index < -0.39 is 5.97 Å². The summed E-state index contributed by atoms with van der Waals surface area (Å²) in [6, 6.07) is 3.66. The number of thiazole rings is 1. The van der Waals surface area contributed by atoms with E-state index in [4.69, 9.17) is 4.42 Å². The van der Waals surface area contributed by atoms with E-state index in [2.05, 4.69) is 4.98 Å². The largest absolute Gasteiger partial charge is 0.477 e. The number of carbonyl (C=O) groups is 1. The molecule has 2 aromatic heterocycles. The van der Waals surface area contributed by atoms with Crippen LogP contribution in [0.1, 0.15) is 35.0 Å². The van der Waals surface area contributed by atoms with Crippen molar-refractivity contribution in [1.29, 1.82) is 0 Å². The fourth-order valence-electron chi connectivity index (χ4n) is 1.70. The molecule has 0 aromatic carbocycles. The number of carboxylic acid groups (broad SMARTS) is 1. The lowest BCUT2D eigenvalue weighted by atomic mass is 10.1. The smallest absolute Gasteiger partial charge is 0.347 e. The number of aryl methyl sites for hydroxylation is 1. The number of aromatic carboxylic acids is 1. The van der Waals surface area contributed by atoms with Crippen LogP contribution in [0, 0.1) is 12.8 Å². The van der Waals surface area contributed by atoms with E-state index in [-0.39, 0.29) is 0 Å². The normalized spacial score (nSPS) is 11.1. The fraction of sp³-hybridized carbons (Fsp3) is 0.385. The fourth-order valence-corrected chi connectivity index (χ4v) is 2.59. The number of hydrogen-bond acceptors (Lipinski definition) is 4. The predicted octanol–water partition coefficient (Wildman–Crippen LogP) is 3.61. The standard InChI is InChI=1S/C13H15NO3S/c1-7(2)6-9-11(13(15)16)18-12(14-9)10-5-4-8(3)17-10/h4-5,7H,6H2,1-3H3,(H,15,16). The Morgan fingerprint density at radius 2 is 2.22 bits per heavy atom. The summed E-state index contributed by atoms with van der Waals surface area (Å²) < 4.78 is 5.48. The highest BCUT2D eigenvalue weighted by molar-refractivity contribution is 7.16. The van der Waals surface area contributed by atoms with E-state index in [0.29, 0.717) is 33.7 Å². The first-order valence-corrected chi connectivity index (χ1v) is 6.59. The number of carboxylic acids is 1. The molecule has 0 atom stereocenters. The van der Waals surface area contributed by atoms with Crippen LogP contribution >= 0.6 is 11.3 Å². The molecular formula is C13H15NO3S. The summed E-state index contributed by atoms with van der Waals surface area (Å²) >= 11 is 1.17. The van der Waals surface area contributed by atoms with Crippen LogP contribution in [0.15, 0.2) is 16.5 Å². The van der Waals surface area contributed by atoms with Gasteiger partial charge in [0.2, 0.25) is 0 Å². The third-order valence-corrected chi connectivity index (χ3v) is 3.54. The maximum Gasteiger partial charge on any atom is 0.347 e. The van der Waals surface area contributed by atoms with Crippen molar-refractivity contribution in [3.05, 3.63) is 28.5 Å². The second-order valence-electron chi connectivity index (χ2n) is 4.61. The summed E-state index contributed by atoms with van der Waals surface area (Å²) in [6.07, 6.45) is 0.665. The highest BCUT2D eigenvalue weighted by Crippen LogP contribution is 2.30. The molecule has 1 N–H and O–H groups in total. The van der Waals surface area contributed by atoms with Crippen LogP contribution < -0.4 is 0 Å². The minimum Gasteiger partial charge on any atom is -0.477 e. The average molecular weight is 265 g/mol. The molecule has 0 radical (unpaired) electrons. The summed E-state index contributed by atoms with van der Waals surface area (Å²) in [7, 11) is 0. The van der Waals surface area contributed by atoms with E-state index in [9.17, 15) is 9.90 Å².